The van der Waals surface area contributed by atoms with Gasteiger partial charge in [-0.25, -0.2) is 0 Å². The number of nitrogens with zero attached hydrogens (tertiary/aromatic N) is 3. The Kier molecular flexibility index (Phi) is 13.4. The number of hydroxylamine groups is 2. The van der Waals surface area contributed by atoms with Crippen LogP contribution in [0.1, 0.15) is 82.1 Å². The summed E-state index contributed by atoms with van der Waals surface area (Å²) in [6.07, 6.45) is 4.87. The Labute approximate surface area is 334 Å². The number of ether oxygens (including phenoxy) is 1. The standard InChI is InChI=1S/C44H68N6O6/c1-26-36-20-31(44(36,3)4)21-37(26)47-43(54)40-39(27(2)52)38(25-51)56-50(40)23-28-13-12-15-35(41(28)55-9)29-17-30(19-34(18-29)49(7)8)42(53)46-33(24-48(5)6)22-32-14-10-11-16-45-32/h12-13,15,17-19,26-27,31-33,36-40,45,51-52H,10-11,14,16,20-25H2,1-9H3,(H,46,53)(H,47,54)/t26-,27-,31+,32?,33+,36-,37-,38-,39-,40-/m0/s1. The summed E-state index contributed by atoms with van der Waals surface area (Å²) >= 11 is 0. The number of rotatable bonds is 15. The number of methoxy groups -OCH3 is 1. The van der Waals surface area contributed by atoms with Gasteiger partial charge in [-0.2, -0.15) is 5.06 Å². The van der Waals surface area contributed by atoms with Crippen molar-refractivity contribution in [2.75, 3.05) is 59.9 Å². The van der Waals surface area contributed by atoms with E-state index < -0.39 is 24.2 Å². The number of carbonyl (C=O) groups excluding carboxylic acids is 2. The molecule has 5 aliphatic rings. The quantitative estimate of drug-likeness (QED) is 0.178. The fourth-order valence-corrected chi connectivity index (χ4v) is 10.3. The van der Waals surface area contributed by atoms with Gasteiger partial charge in [0.15, 0.2) is 0 Å². The van der Waals surface area contributed by atoms with Crippen molar-refractivity contribution in [1.29, 1.82) is 0 Å². The highest BCUT2D eigenvalue weighted by molar-refractivity contribution is 5.97. The Hall–Kier alpha value is -3.26. The summed E-state index contributed by atoms with van der Waals surface area (Å²) in [6, 6.07) is 11.3. The van der Waals surface area contributed by atoms with Crippen LogP contribution in [0.2, 0.25) is 0 Å². The predicted molar refractivity (Wildman–Crippen MR) is 220 cm³/mol. The Morgan fingerprint density at radius 1 is 1.12 bits per heavy atom. The largest absolute Gasteiger partial charge is 0.496 e. The summed E-state index contributed by atoms with van der Waals surface area (Å²) in [4.78, 5) is 38.8. The van der Waals surface area contributed by atoms with Crippen LogP contribution in [0.25, 0.3) is 11.1 Å². The number of fused-ring (bicyclic) bond motifs is 2. The van der Waals surface area contributed by atoms with Gasteiger partial charge in [0, 0.05) is 67.1 Å². The molecule has 0 aromatic heterocycles. The molecule has 2 saturated heterocycles. The van der Waals surface area contributed by atoms with E-state index in [1.54, 1.807) is 19.1 Å². The van der Waals surface area contributed by atoms with Gasteiger partial charge in [0.05, 0.1) is 26.4 Å². The number of benzene rings is 2. The van der Waals surface area contributed by atoms with Crippen LogP contribution in [-0.4, -0.2) is 123 Å². The zero-order chi connectivity index (χ0) is 40.5. The topological polar surface area (TPSA) is 139 Å². The van der Waals surface area contributed by atoms with Gasteiger partial charge in [0.1, 0.15) is 17.9 Å². The molecule has 2 aliphatic heterocycles. The summed E-state index contributed by atoms with van der Waals surface area (Å²) in [5.41, 5.74) is 4.10. The van der Waals surface area contributed by atoms with E-state index >= 15 is 0 Å². The second-order valence-corrected chi connectivity index (χ2v) is 18.2. The van der Waals surface area contributed by atoms with Gasteiger partial charge in [-0.05, 0) is 107 Å². The van der Waals surface area contributed by atoms with Crippen LogP contribution in [0.3, 0.4) is 0 Å². The van der Waals surface area contributed by atoms with E-state index in [4.69, 9.17) is 9.57 Å². The van der Waals surface area contributed by atoms with Gasteiger partial charge in [-0.3, -0.25) is 14.4 Å². The smallest absolute Gasteiger partial charge is 0.251 e. The molecule has 2 amide bonds. The minimum Gasteiger partial charge on any atom is -0.496 e. The Balaban J connectivity index is 1.27. The molecule has 2 bridgehead atoms. The number of nitrogens with one attached hydrogen (secondary N) is 3. The second kappa shape index (κ2) is 17.7. The molecule has 2 aromatic carbocycles. The van der Waals surface area contributed by atoms with Gasteiger partial charge >= 0.3 is 0 Å². The number of hydrogen-bond donors (Lipinski definition) is 5. The van der Waals surface area contributed by atoms with Gasteiger partial charge < -0.3 is 40.7 Å². The van der Waals surface area contributed by atoms with Crippen molar-refractivity contribution in [2.24, 2.45) is 29.1 Å². The molecule has 0 radical (unpaired) electrons. The number of anilines is 1. The van der Waals surface area contributed by atoms with Gasteiger partial charge in [0.25, 0.3) is 5.91 Å². The maximum Gasteiger partial charge on any atom is 0.251 e. The van der Waals surface area contributed by atoms with Crippen LogP contribution in [0.5, 0.6) is 5.75 Å². The lowest BCUT2D eigenvalue weighted by Crippen LogP contribution is -2.62. The first kappa shape index (κ1) is 42.3. The SMILES string of the molecule is COc1c(CN2O[C@@H](CO)[C@H]([C@H](C)O)[C@H]2C(=O)N[C@H]2C[C@H]3C[C@@H]([C@@H]2C)C3(C)C)cccc1-c1cc(C(=O)N[C@H](CC2CCCCN2)CN(C)C)cc(N(C)C)c1. The molecule has 5 fully saturated rings. The van der Waals surface area contributed by atoms with E-state index in [0.29, 0.717) is 35.1 Å². The third kappa shape index (κ3) is 8.90. The highest BCUT2D eigenvalue weighted by Gasteiger charge is 2.57. The van der Waals surface area contributed by atoms with Gasteiger partial charge in [-0.1, -0.05) is 45.4 Å². The fourth-order valence-electron chi connectivity index (χ4n) is 10.3. The zero-order valence-electron chi connectivity index (χ0n) is 35.2. The second-order valence-electron chi connectivity index (χ2n) is 18.2. The molecule has 5 N–H and O–H groups in total. The van der Waals surface area contributed by atoms with Crippen molar-refractivity contribution in [3.05, 3.63) is 47.5 Å². The van der Waals surface area contributed by atoms with Gasteiger partial charge in [0.2, 0.25) is 5.91 Å². The number of aliphatic hydroxyl groups excluding tert-OH is 2. The van der Waals surface area contributed by atoms with E-state index in [0.717, 1.165) is 54.7 Å². The zero-order valence-corrected chi connectivity index (χ0v) is 35.2. The van der Waals surface area contributed by atoms with E-state index in [9.17, 15) is 19.8 Å². The molecule has 2 aromatic rings. The summed E-state index contributed by atoms with van der Waals surface area (Å²) in [6.45, 7) is 10.2. The van der Waals surface area contributed by atoms with Crippen molar-refractivity contribution >= 4 is 17.5 Å². The Bertz CT molecular complexity index is 1680. The molecule has 310 valence electrons. The molecule has 56 heavy (non-hydrogen) atoms. The molecule has 1 unspecified atom stereocenters. The summed E-state index contributed by atoms with van der Waals surface area (Å²) < 4.78 is 6.12. The van der Waals surface area contributed by atoms with Crippen LogP contribution < -0.4 is 25.6 Å². The van der Waals surface area contributed by atoms with Crippen molar-refractivity contribution in [3.63, 3.8) is 0 Å². The minimum atomic E-state index is -0.896. The Morgan fingerprint density at radius 3 is 2.50 bits per heavy atom. The number of hydrogen-bond acceptors (Lipinski definition) is 10. The first-order valence-electron chi connectivity index (χ1n) is 20.8. The molecular formula is C44H68N6O6. The maximum absolute atomic E-state index is 14.3. The molecule has 3 saturated carbocycles. The van der Waals surface area contributed by atoms with E-state index in [-0.39, 0.29) is 42.5 Å². The minimum absolute atomic E-state index is 0.0184. The molecular weight excluding hydrogens is 709 g/mol. The van der Waals surface area contributed by atoms with Crippen molar-refractivity contribution in [1.82, 2.24) is 25.9 Å². The highest BCUT2D eigenvalue weighted by atomic mass is 16.7. The van der Waals surface area contributed by atoms with Crippen LogP contribution in [0.15, 0.2) is 36.4 Å². The molecule has 2 heterocycles. The molecule has 10 atom stereocenters. The predicted octanol–water partition coefficient (Wildman–Crippen LogP) is 4.28. The Morgan fingerprint density at radius 2 is 1.89 bits per heavy atom. The van der Waals surface area contributed by atoms with Crippen LogP contribution >= 0.6 is 0 Å². The summed E-state index contributed by atoms with van der Waals surface area (Å²) in [5, 5.41) is 33.3. The van der Waals surface area contributed by atoms with E-state index in [1.165, 1.54) is 19.3 Å². The van der Waals surface area contributed by atoms with E-state index in [2.05, 4.69) is 41.6 Å². The number of para-hydroxylation sites is 1. The molecule has 0 spiro atoms. The average Bonchev–Trinajstić information content (AvgIpc) is 3.53. The molecule has 3 aliphatic carbocycles. The van der Waals surface area contributed by atoms with Crippen molar-refractivity contribution in [2.45, 2.75) is 109 Å². The van der Waals surface area contributed by atoms with E-state index in [1.807, 2.05) is 69.5 Å². The molecule has 7 rings (SSSR count). The van der Waals surface area contributed by atoms with Crippen LogP contribution in [0.4, 0.5) is 5.69 Å². The normalized spacial score (nSPS) is 29.6. The lowest BCUT2D eigenvalue weighted by molar-refractivity contribution is -0.183. The molecule has 12 nitrogen and oxygen atoms in total. The first-order chi connectivity index (χ1) is 26.6. The summed E-state index contributed by atoms with van der Waals surface area (Å²) in [5.74, 6) is 1.10. The van der Waals surface area contributed by atoms with Gasteiger partial charge in [-0.15, -0.1) is 0 Å². The number of amides is 2. The third-order valence-electron chi connectivity index (χ3n) is 13.6. The lowest BCUT2D eigenvalue weighted by atomic mass is 9.45. The first-order valence-corrected chi connectivity index (χ1v) is 20.8. The maximum atomic E-state index is 14.3. The summed E-state index contributed by atoms with van der Waals surface area (Å²) in [7, 11) is 9.61. The lowest BCUT2D eigenvalue weighted by Gasteiger charge is -2.62. The van der Waals surface area contributed by atoms with Crippen molar-refractivity contribution < 1.29 is 29.4 Å². The fraction of sp³-hybridized carbons (Fsp3) is 0.682. The average molecular weight is 777 g/mol. The van der Waals surface area contributed by atoms with Crippen LogP contribution in [0, 0.1) is 29.1 Å². The number of aliphatic hydroxyl groups is 2. The third-order valence-corrected chi connectivity index (χ3v) is 13.6. The van der Waals surface area contributed by atoms with Crippen molar-refractivity contribution in [3.8, 4) is 16.9 Å². The number of piperidine rings is 1. The van der Waals surface area contributed by atoms with Crippen LogP contribution in [-0.2, 0) is 16.2 Å². The monoisotopic (exact) mass is 777 g/mol. The highest BCUT2D eigenvalue weighted by Crippen LogP contribution is 2.61. The molecule has 12 heteroatoms. The number of likely N-dealkylation sites (N-methyl/N-ethyl adjacent to an activating group) is 1. The number of carbonyl (C=O) groups is 2.